The molecule has 2 fully saturated rings. The molecule has 184 valence electrons. The lowest BCUT2D eigenvalue weighted by Gasteiger charge is -2.24. The van der Waals surface area contributed by atoms with Gasteiger partial charge in [-0.1, -0.05) is 6.42 Å². The van der Waals surface area contributed by atoms with Gasteiger partial charge in [-0.15, -0.1) is 0 Å². The first-order valence-corrected chi connectivity index (χ1v) is 11.8. The molecule has 0 aliphatic heterocycles. The second-order valence-corrected chi connectivity index (χ2v) is 9.14. The SMILES string of the molecule is Cc1nc(/C(N)=C(\CNc2nccc(OCC3(F)CC3)n2)N(C)N)ccc1OC1CCCCC1. The second kappa shape index (κ2) is 10.4. The molecule has 10 heteroatoms. The molecule has 0 aromatic carbocycles. The summed E-state index contributed by atoms with van der Waals surface area (Å²) in [6, 6.07) is 5.36. The first-order valence-electron chi connectivity index (χ1n) is 11.8. The van der Waals surface area contributed by atoms with Crippen LogP contribution < -0.4 is 26.4 Å². The fourth-order valence-corrected chi connectivity index (χ4v) is 3.90. The van der Waals surface area contributed by atoms with Gasteiger partial charge >= 0.3 is 0 Å². The van der Waals surface area contributed by atoms with Crippen molar-refractivity contribution in [2.75, 3.05) is 25.5 Å². The van der Waals surface area contributed by atoms with E-state index in [0.29, 0.717) is 41.8 Å². The Hall–Kier alpha value is -3.14. The zero-order valence-corrected chi connectivity index (χ0v) is 19.9. The molecule has 2 aliphatic rings. The molecule has 0 bridgehead atoms. The van der Waals surface area contributed by atoms with Crippen molar-refractivity contribution in [2.45, 2.75) is 63.6 Å². The highest BCUT2D eigenvalue weighted by atomic mass is 19.1. The van der Waals surface area contributed by atoms with Gasteiger partial charge in [-0.3, -0.25) is 0 Å². The summed E-state index contributed by atoms with van der Waals surface area (Å²) in [5.74, 6) is 7.49. The van der Waals surface area contributed by atoms with Crippen LogP contribution in [0.2, 0.25) is 0 Å². The van der Waals surface area contributed by atoms with Crippen molar-refractivity contribution >= 4 is 11.6 Å². The molecule has 2 aliphatic carbocycles. The van der Waals surface area contributed by atoms with Gasteiger partial charge in [0.1, 0.15) is 18.0 Å². The molecular formula is C24H34FN7O2. The van der Waals surface area contributed by atoms with E-state index in [4.69, 9.17) is 21.1 Å². The number of rotatable bonds is 10. The van der Waals surface area contributed by atoms with E-state index >= 15 is 0 Å². The Morgan fingerprint density at radius 3 is 2.65 bits per heavy atom. The van der Waals surface area contributed by atoms with Crippen LogP contribution >= 0.6 is 0 Å². The number of likely N-dealkylation sites (N-methyl/N-ethyl adjacent to an activating group) is 1. The molecule has 0 atom stereocenters. The highest BCUT2D eigenvalue weighted by molar-refractivity contribution is 5.64. The van der Waals surface area contributed by atoms with Crippen LogP contribution in [0.1, 0.15) is 56.3 Å². The highest BCUT2D eigenvalue weighted by Gasteiger charge is 2.44. The van der Waals surface area contributed by atoms with Crippen LogP contribution in [0.4, 0.5) is 10.3 Å². The Balaban J connectivity index is 1.43. The Morgan fingerprint density at radius 1 is 1.21 bits per heavy atom. The van der Waals surface area contributed by atoms with Crippen LogP contribution in [0, 0.1) is 6.92 Å². The second-order valence-electron chi connectivity index (χ2n) is 9.14. The van der Waals surface area contributed by atoms with E-state index in [0.717, 1.165) is 24.3 Å². The number of hydrogen-bond acceptors (Lipinski definition) is 9. The van der Waals surface area contributed by atoms with E-state index < -0.39 is 5.67 Å². The summed E-state index contributed by atoms with van der Waals surface area (Å²) in [6.45, 7) is 2.18. The number of hydrazine groups is 1. The topological polar surface area (TPSA) is 124 Å². The molecule has 2 aromatic heterocycles. The zero-order chi connectivity index (χ0) is 24.1. The minimum absolute atomic E-state index is 0.00142. The molecule has 2 saturated carbocycles. The van der Waals surface area contributed by atoms with Gasteiger partial charge in [-0.2, -0.15) is 4.98 Å². The molecule has 0 unspecified atom stereocenters. The van der Waals surface area contributed by atoms with E-state index in [2.05, 4.69) is 20.3 Å². The van der Waals surface area contributed by atoms with Crippen LogP contribution in [-0.4, -0.2) is 51.9 Å². The number of ether oxygens (including phenoxy) is 2. The zero-order valence-electron chi connectivity index (χ0n) is 19.9. The first kappa shape index (κ1) is 24.0. The summed E-state index contributed by atoms with van der Waals surface area (Å²) in [5.41, 5.74) is 7.68. The van der Waals surface area contributed by atoms with E-state index in [1.165, 1.54) is 24.3 Å². The maximum atomic E-state index is 13.8. The predicted molar refractivity (Wildman–Crippen MR) is 129 cm³/mol. The Morgan fingerprint density at radius 2 is 1.97 bits per heavy atom. The predicted octanol–water partition coefficient (Wildman–Crippen LogP) is 3.32. The summed E-state index contributed by atoms with van der Waals surface area (Å²) in [6.07, 6.45) is 8.72. The minimum Gasteiger partial charge on any atom is -0.489 e. The summed E-state index contributed by atoms with van der Waals surface area (Å²) < 4.78 is 25.4. The molecule has 0 spiro atoms. The van der Waals surface area contributed by atoms with Crippen molar-refractivity contribution in [2.24, 2.45) is 11.6 Å². The summed E-state index contributed by atoms with van der Waals surface area (Å²) in [7, 11) is 1.70. The Labute approximate surface area is 199 Å². The van der Waals surface area contributed by atoms with E-state index in [1.807, 2.05) is 19.1 Å². The molecule has 9 nitrogen and oxygen atoms in total. The van der Waals surface area contributed by atoms with Crippen LogP contribution in [0.15, 0.2) is 30.1 Å². The highest BCUT2D eigenvalue weighted by Crippen LogP contribution is 2.39. The van der Waals surface area contributed by atoms with Gasteiger partial charge in [0.2, 0.25) is 11.8 Å². The third-order valence-electron chi connectivity index (χ3n) is 6.21. The van der Waals surface area contributed by atoms with Gasteiger partial charge in [-0.25, -0.2) is 20.2 Å². The van der Waals surface area contributed by atoms with Gasteiger partial charge in [0, 0.05) is 19.3 Å². The molecule has 0 radical (unpaired) electrons. The number of hydrogen-bond donors (Lipinski definition) is 3. The molecular weight excluding hydrogens is 437 g/mol. The first-order chi connectivity index (χ1) is 16.3. The molecule has 0 saturated heterocycles. The van der Waals surface area contributed by atoms with E-state index in [-0.39, 0.29) is 19.3 Å². The molecule has 2 aromatic rings. The Kier molecular flexibility index (Phi) is 7.35. The minimum atomic E-state index is -1.21. The summed E-state index contributed by atoms with van der Waals surface area (Å²) in [5, 5.41) is 4.54. The number of nitrogens with two attached hydrogens (primary N) is 2. The van der Waals surface area contributed by atoms with Crippen molar-refractivity contribution in [1.29, 1.82) is 0 Å². The maximum Gasteiger partial charge on any atom is 0.226 e. The number of pyridine rings is 1. The number of halogens is 1. The van der Waals surface area contributed by atoms with Crippen molar-refractivity contribution in [3.05, 3.63) is 41.5 Å². The maximum absolute atomic E-state index is 13.8. The van der Waals surface area contributed by atoms with Crippen molar-refractivity contribution in [3.63, 3.8) is 0 Å². The van der Waals surface area contributed by atoms with Crippen molar-refractivity contribution in [1.82, 2.24) is 20.0 Å². The molecule has 2 heterocycles. The third-order valence-corrected chi connectivity index (χ3v) is 6.21. The lowest BCUT2D eigenvalue weighted by atomic mass is 9.98. The van der Waals surface area contributed by atoms with Crippen LogP contribution in [0.5, 0.6) is 11.6 Å². The van der Waals surface area contributed by atoms with Gasteiger partial charge in [0.15, 0.2) is 0 Å². The largest absolute Gasteiger partial charge is 0.489 e. The number of nitrogens with one attached hydrogen (secondary N) is 1. The van der Waals surface area contributed by atoms with Gasteiger partial charge in [-0.05, 0) is 57.6 Å². The molecule has 5 N–H and O–H groups in total. The van der Waals surface area contributed by atoms with Gasteiger partial charge in [0.25, 0.3) is 0 Å². The number of alkyl halides is 1. The van der Waals surface area contributed by atoms with Crippen LogP contribution in [0.3, 0.4) is 0 Å². The fourth-order valence-electron chi connectivity index (χ4n) is 3.90. The van der Waals surface area contributed by atoms with Crippen LogP contribution in [-0.2, 0) is 0 Å². The summed E-state index contributed by atoms with van der Waals surface area (Å²) in [4.78, 5) is 13.1. The summed E-state index contributed by atoms with van der Waals surface area (Å²) >= 11 is 0. The normalized spacial score (nSPS) is 18.1. The average molecular weight is 472 g/mol. The number of nitrogens with zero attached hydrogens (tertiary/aromatic N) is 4. The standard InChI is InChI=1S/C24H34FN7O2/c1-16-20(34-17-6-4-3-5-7-17)9-8-18(30-16)22(26)19(32(2)27)14-29-23-28-13-10-21(31-23)33-15-24(25)11-12-24/h8-10,13,17H,3-7,11-12,14-15,26-27H2,1-2H3,(H,28,29,31)/b22-19-. The molecule has 0 amide bonds. The third kappa shape index (κ3) is 6.25. The van der Waals surface area contributed by atoms with Crippen LogP contribution in [0.25, 0.3) is 5.70 Å². The van der Waals surface area contributed by atoms with E-state index in [1.54, 1.807) is 19.3 Å². The monoisotopic (exact) mass is 471 g/mol. The number of anilines is 1. The van der Waals surface area contributed by atoms with Crippen molar-refractivity contribution in [3.8, 4) is 11.6 Å². The van der Waals surface area contributed by atoms with E-state index in [9.17, 15) is 4.39 Å². The lowest BCUT2D eigenvalue weighted by molar-refractivity contribution is 0.153. The number of aryl methyl sites for hydroxylation is 1. The average Bonchev–Trinajstić information content (AvgIpc) is 3.57. The molecule has 4 rings (SSSR count). The lowest BCUT2D eigenvalue weighted by Crippen LogP contribution is -2.32. The fraction of sp³-hybridized carbons (Fsp3) is 0.542. The quantitative estimate of drug-likeness (QED) is 0.353. The van der Waals surface area contributed by atoms with Gasteiger partial charge in [0.05, 0.1) is 35.4 Å². The van der Waals surface area contributed by atoms with Crippen molar-refractivity contribution < 1.29 is 13.9 Å². The Bertz CT molecular complexity index is 1020. The molecule has 34 heavy (non-hydrogen) atoms. The number of aromatic nitrogens is 3. The van der Waals surface area contributed by atoms with Gasteiger partial charge < -0.3 is 25.5 Å². The smallest absolute Gasteiger partial charge is 0.226 e.